The van der Waals surface area contributed by atoms with Gasteiger partial charge in [0, 0.05) is 11.1 Å². The number of nitrogens with one attached hydrogen (secondary N) is 1. The fraction of sp³-hybridized carbons (Fsp3) is 0. The summed E-state index contributed by atoms with van der Waals surface area (Å²) in [7, 11) is 0. The monoisotopic (exact) mass is 321 g/mol. The van der Waals surface area contributed by atoms with Crippen molar-refractivity contribution in [3.05, 3.63) is 60.3 Å². The van der Waals surface area contributed by atoms with Crippen LogP contribution >= 0.6 is 11.3 Å². The number of aromatic amines is 1. The maximum absolute atomic E-state index is 11.0. The van der Waals surface area contributed by atoms with Crippen LogP contribution in [0.3, 0.4) is 0 Å². The van der Waals surface area contributed by atoms with Gasteiger partial charge in [-0.3, -0.25) is 5.10 Å². The molecule has 0 aliphatic carbocycles. The van der Waals surface area contributed by atoms with Crippen molar-refractivity contribution in [1.29, 1.82) is 0 Å². The SMILES string of the molecule is O=C(O)c1cc(-c2ccccc2-c2nc3ccccc3s2)n[nH]1. The minimum absolute atomic E-state index is 0.0686. The van der Waals surface area contributed by atoms with Gasteiger partial charge in [-0.25, -0.2) is 9.78 Å². The van der Waals surface area contributed by atoms with Crippen LogP contribution in [0, 0.1) is 0 Å². The third kappa shape index (κ3) is 2.39. The predicted octanol–water partition coefficient (Wildman–Crippen LogP) is 4.05. The molecular formula is C17H11N3O2S. The molecule has 0 saturated carbocycles. The van der Waals surface area contributed by atoms with Gasteiger partial charge in [0.05, 0.1) is 15.9 Å². The number of carboxylic acid groups (broad SMARTS) is 1. The van der Waals surface area contributed by atoms with Crippen LogP contribution in [0.5, 0.6) is 0 Å². The van der Waals surface area contributed by atoms with Crippen LogP contribution < -0.4 is 0 Å². The second-order valence-electron chi connectivity index (χ2n) is 5.00. The van der Waals surface area contributed by atoms with Crippen molar-refractivity contribution in [2.45, 2.75) is 0 Å². The van der Waals surface area contributed by atoms with Crippen molar-refractivity contribution in [2.24, 2.45) is 0 Å². The zero-order chi connectivity index (χ0) is 15.8. The highest BCUT2D eigenvalue weighted by molar-refractivity contribution is 7.21. The number of para-hydroxylation sites is 1. The summed E-state index contributed by atoms with van der Waals surface area (Å²) >= 11 is 1.61. The topological polar surface area (TPSA) is 78.9 Å². The van der Waals surface area contributed by atoms with Crippen molar-refractivity contribution in [1.82, 2.24) is 15.2 Å². The standard InChI is InChI=1S/C17H11N3O2S/c21-17(22)14-9-13(19-20-14)10-5-1-2-6-11(10)16-18-12-7-3-4-8-15(12)23-16/h1-9H,(H,19,20)(H,21,22). The van der Waals surface area contributed by atoms with Gasteiger partial charge in [0.15, 0.2) is 0 Å². The van der Waals surface area contributed by atoms with Gasteiger partial charge in [-0.1, -0.05) is 36.4 Å². The molecule has 0 radical (unpaired) electrons. The molecule has 0 bridgehead atoms. The number of hydrogen-bond donors (Lipinski definition) is 2. The molecule has 0 amide bonds. The second-order valence-corrected chi connectivity index (χ2v) is 6.03. The minimum Gasteiger partial charge on any atom is -0.477 e. The van der Waals surface area contributed by atoms with Crippen molar-refractivity contribution < 1.29 is 9.90 Å². The molecule has 23 heavy (non-hydrogen) atoms. The first-order valence-corrected chi connectivity index (χ1v) is 7.78. The molecule has 0 spiro atoms. The number of aromatic carboxylic acids is 1. The van der Waals surface area contributed by atoms with E-state index in [1.807, 2.05) is 48.5 Å². The lowest BCUT2D eigenvalue weighted by Crippen LogP contribution is -1.95. The maximum atomic E-state index is 11.0. The molecule has 0 fully saturated rings. The van der Waals surface area contributed by atoms with Crippen molar-refractivity contribution >= 4 is 27.5 Å². The molecule has 112 valence electrons. The van der Waals surface area contributed by atoms with Crippen LogP contribution in [-0.2, 0) is 0 Å². The van der Waals surface area contributed by atoms with Crippen molar-refractivity contribution in [3.8, 4) is 21.8 Å². The molecule has 2 aromatic heterocycles. The van der Waals surface area contributed by atoms with Gasteiger partial charge in [-0.15, -0.1) is 11.3 Å². The fourth-order valence-corrected chi connectivity index (χ4v) is 3.45. The number of rotatable bonds is 3. The number of aromatic nitrogens is 3. The van der Waals surface area contributed by atoms with Gasteiger partial charge in [-0.05, 0) is 18.2 Å². The van der Waals surface area contributed by atoms with Crippen LogP contribution in [0.1, 0.15) is 10.5 Å². The van der Waals surface area contributed by atoms with E-state index in [0.29, 0.717) is 5.69 Å². The average Bonchev–Trinajstić information content (AvgIpc) is 3.22. The summed E-state index contributed by atoms with van der Waals surface area (Å²) in [6.45, 7) is 0. The van der Waals surface area contributed by atoms with Gasteiger partial charge >= 0.3 is 5.97 Å². The maximum Gasteiger partial charge on any atom is 0.353 e. The lowest BCUT2D eigenvalue weighted by molar-refractivity contribution is 0.0690. The summed E-state index contributed by atoms with van der Waals surface area (Å²) in [5.74, 6) is -1.03. The zero-order valence-electron chi connectivity index (χ0n) is 11.9. The van der Waals surface area contributed by atoms with Crippen molar-refractivity contribution in [3.63, 3.8) is 0 Å². The van der Waals surface area contributed by atoms with E-state index in [4.69, 9.17) is 5.11 Å². The molecule has 0 unspecified atom stereocenters. The molecule has 0 saturated heterocycles. The van der Waals surface area contributed by atoms with Crippen LogP contribution in [0.2, 0.25) is 0 Å². The Bertz CT molecular complexity index is 986. The molecule has 6 heteroatoms. The normalized spacial score (nSPS) is 11.0. The Labute approximate surface area is 135 Å². The Morgan fingerprint density at radius 2 is 1.78 bits per heavy atom. The first-order chi connectivity index (χ1) is 11.2. The molecule has 2 aromatic carbocycles. The summed E-state index contributed by atoms with van der Waals surface area (Å²) in [4.78, 5) is 15.7. The number of H-pyrrole nitrogens is 1. The Kier molecular flexibility index (Phi) is 3.17. The molecular weight excluding hydrogens is 310 g/mol. The summed E-state index contributed by atoms with van der Waals surface area (Å²) in [5.41, 5.74) is 3.42. The highest BCUT2D eigenvalue weighted by Crippen LogP contribution is 2.35. The number of nitrogens with zero attached hydrogens (tertiary/aromatic N) is 2. The quantitative estimate of drug-likeness (QED) is 0.596. The van der Waals surface area contributed by atoms with Gasteiger partial charge in [-0.2, -0.15) is 5.10 Å². The van der Waals surface area contributed by atoms with E-state index in [1.54, 1.807) is 11.3 Å². The van der Waals surface area contributed by atoms with E-state index < -0.39 is 5.97 Å². The first-order valence-electron chi connectivity index (χ1n) is 6.96. The molecule has 0 aliphatic heterocycles. The van der Waals surface area contributed by atoms with E-state index in [-0.39, 0.29) is 5.69 Å². The molecule has 5 nitrogen and oxygen atoms in total. The first kappa shape index (κ1) is 13.7. The number of fused-ring (bicyclic) bond motifs is 1. The number of carbonyl (C=O) groups is 1. The van der Waals surface area contributed by atoms with Gasteiger partial charge in [0.1, 0.15) is 10.7 Å². The predicted molar refractivity (Wildman–Crippen MR) is 89.6 cm³/mol. The second kappa shape index (κ2) is 5.33. The highest BCUT2D eigenvalue weighted by atomic mass is 32.1. The molecule has 0 aliphatic rings. The Morgan fingerprint density at radius 3 is 2.52 bits per heavy atom. The smallest absolute Gasteiger partial charge is 0.353 e. The van der Waals surface area contributed by atoms with Crippen LogP contribution in [0.4, 0.5) is 0 Å². The third-order valence-corrected chi connectivity index (χ3v) is 4.61. The Morgan fingerprint density at radius 1 is 1.04 bits per heavy atom. The summed E-state index contributed by atoms with van der Waals surface area (Å²) in [6.07, 6.45) is 0. The Hall–Kier alpha value is -2.99. The number of hydrogen-bond acceptors (Lipinski definition) is 4. The third-order valence-electron chi connectivity index (χ3n) is 3.54. The fourth-order valence-electron chi connectivity index (χ4n) is 2.45. The molecule has 2 N–H and O–H groups in total. The van der Waals surface area contributed by atoms with E-state index in [0.717, 1.165) is 26.4 Å². The van der Waals surface area contributed by atoms with E-state index in [9.17, 15) is 4.79 Å². The number of benzene rings is 2. The molecule has 4 rings (SSSR count). The molecule has 4 aromatic rings. The van der Waals surface area contributed by atoms with Gasteiger partial charge in [0.2, 0.25) is 0 Å². The lowest BCUT2D eigenvalue weighted by atomic mass is 10.0. The van der Waals surface area contributed by atoms with Crippen LogP contribution in [-0.4, -0.2) is 26.3 Å². The molecule has 2 heterocycles. The van der Waals surface area contributed by atoms with Crippen LogP contribution in [0.25, 0.3) is 32.0 Å². The summed E-state index contributed by atoms with van der Waals surface area (Å²) in [5, 5.41) is 16.6. The summed E-state index contributed by atoms with van der Waals surface area (Å²) < 4.78 is 1.12. The molecule has 0 atom stereocenters. The minimum atomic E-state index is -1.03. The zero-order valence-corrected chi connectivity index (χ0v) is 12.7. The van der Waals surface area contributed by atoms with Crippen molar-refractivity contribution in [2.75, 3.05) is 0 Å². The lowest BCUT2D eigenvalue weighted by Gasteiger charge is -2.03. The Balaban J connectivity index is 1.87. The highest BCUT2D eigenvalue weighted by Gasteiger charge is 2.15. The number of carboxylic acids is 1. The van der Waals surface area contributed by atoms with Crippen LogP contribution in [0.15, 0.2) is 54.6 Å². The number of thiazole rings is 1. The average molecular weight is 321 g/mol. The van der Waals surface area contributed by atoms with E-state index in [2.05, 4.69) is 15.2 Å². The summed E-state index contributed by atoms with van der Waals surface area (Å²) in [6, 6.07) is 17.2. The van der Waals surface area contributed by atoms with E-state index in [1.165, 1.54) is 6.07 Å². The van der Waals surface area contributed by atoms with Gasteiger partial charge in [0.25, 0.3) is 0 Å². The largest absolute Gasteiger partial charge is 0.477 e. The van der Waals surface area contributed by atoms with Gasteiger partial charge < -0.3 is 5.11 Å². The van der Waals surface area contributed by atoms with E-state index >= 15 is 0 Å².